The van der Waals surface area contributed by atoms with E-state index < -0.39 is 0 Å². The summed E-state index contributed by atoms with van der Waals surface area (Å²) >= 11 is 0. The van der Waals surface area contributed by atoms with E-state index in [9.17, 15) is 5.11 Å². The zero-order valence-corrected chi connectivity index (χ0v) is 9.69. The van der Waals surface area contributed by atoms with Crippen molar-refractivity contribution in [3.8, 4) is 5.75 Å². The Hall–Kier alpha value is -1.10. The second-order valence-electron chi connectivity index (χ2n) is 4.30. The molecule has 16 heavy (non-hydrogen) atoms. The molecule has 0 radical (unpaired) electrons. The summed E-state index contributed by atoms with van der Waals surface area (Å²) in [6.07, 6.45) is 0. The first-order chi connectivity index (χ1) is 7.74. The van der Waals surface area contributed by atoms with E-state index in [4.69, 9.17) is 0 Å². The number of nitrogens with one attached hydrogen (secondary N) is 1. The van der Waals surface area contributed by atoms with Gasteiger partial charge in [-0.3, -0.25) is 5.43 Å². The van der Waals surface area contributed by atoms with E-state index in [1.165, 1.54) is 0 Å². The van der Waals surface area contributed by atoms with Crippen LogP contribution in [0, 0.1) is 0 Å². The third kappa shape index (κ3) is 3.20. The lowest BCUT2D eigenvalue weighted by atomic mass is 10.2. The largest absolute Gasteiger partial charge is 0.508 e. The summed E-state index contributed by atoms with van der Waals surface area (Å²) in [4.78, 5) is 2.33. The normalized spacial score (nSPS) is 18.8. The zero-order valence-electron chi connectivity index (χ0n) is 9.69. The molecule has 0 amide bonds. The van der Waals surface area contributed by atoms with Crippen LogP contribution in [-0.2, 0) is 6.54 Å². The molecule has 4 nitrogen and oxygen atoms in total. The van der Waals surface area contributed by atoms with Crippen molar-refractivity contribution in [2.75, 3.05) is 33.2 Å². The van der Waals surface area contributed by atoms with Crippen molar-refractivity contribution in [1.82, 2.24) is 15.3 Å². The number of aromatic hydroxyl groups is 1. The first-order valence-electron chi connectivity index (χ1n) is 5.69. The lowest BCUT2D eigenvalue weighted by Crippen LogP contribution is -2.50. The van der Waals surface area contributed by atoms with Gasteiger partial charge < -0.3 is 10.0 Å². The van der Waals surface area contributed by atoms with Gasteiger partial charge in [-0.1, -0.05) is 12.1 Å². The van der Waals surface area contributed by atoms with Crippen LogP contribution in [0.5, 0.6) is 5.75 Å². The van der Waals surface area contributed by atoms with Gasteiger partial charge in [0.05, 0.1) is 0 Å². The Bertz CT molecular complexity index is 335. The van der Waals surface area contributed by atoms with Gasteiger partial charge in [0.15, 0.2) is 0 Å². The Labute approximate surface area is 96.4 Å². The van der Waals surface area contributed by atoms with E-state index in [-0.39, 0.29) is 0 Å². The number of phenols is 1. The molecular weight excluding hydrogens is 202 g/mol. The molecule has 0 aliphatic carbocycles. The van der Waals surface area contributed by atoms with Crippen LogP contribution in [0.3, 0.4) is 0 Å². The van der Waals surface area contributed by atoms with Crippen LogP contribution in [0.25, 0.3) is 0 Å². The van der Waals surface area contributed by atoms with Gasteiger partial charge in [-0.05, 0) is 24.7 Å². The number of piperazine rings is 1. The Morgan fingerprint density at radius 2 is 2.00 bits per heavy atom. The summed E-state index contributed by atoms with van der Waals surface area (Å²) in [6.45, 7) is 5.09. The molecule has 0 bridgehead atoms. The summed E-state index contributed by atoms with van der Waals surface area (Å²) in [5.74, 6) is 0.331. The van der Waals surface area contributed by atoms with Gasteiger partial charge >= 0.3 is 0 Å². The molecule has 1 heterocycles. The fourth-order valence-electron chi connectivity index (χ4n) is 1.83. The predicted octanol–water partition coefficient (Wildman–Crippen LogP) is 0.644. The number of hydrazine groups is 1. The van der Waals surface area contributed by atoms with Crippen molar-refractivity contribution in [1.29, 1.82) is 0 Å². The summed E-state index contributed by atoms with van der Waals surface area (Å²) in [7, 11) is 2.15. The summed E-state index contributed by atoms with van der Waals surface area (Å²) in [6, 6.07) is 7.38. The topological polar surface area (TPSA) is 38.7 Å². The van der Waals surface area contributed by atoms with Crippen LogP contribution >= 0.6 is 0 Å². The number of hydrogen-bond donors (Lipinski definition) is 2. The van der Waals surface area contributed by atoms with E-state index in [1.54, 1.807) is 12.1 Å². The quantitative estimate of drug-likeness (QED) is 0.786. The van der Waals surface area contributed by atoms with Crippen LogP contribution in [0.4, 0.5) is 0 Å². The maximum absolute atomic E-state index is 9.34. The van der Waals surface area contributed by atoms with Gasteiger partial charge in [-0.25, -0.2) is 5.01 Å². The highest BCUT2D eigenvalue weighted by Crippen LogP contribution is 2.10. The summed E-state index contributed by atoms with van der Waals surface area (Å²) in [5.41, 5.74) is 4.49. The molecule has 0 saturated carbocycles. The monoisotopic (exact) mass is 221 g/mol. The fourth-order valence-corrected chi connectivity index (χ4v) is 1.83. The zero-order chi connectivity index (χ0) is 11.4. The van der Waals surface area contributed by atoms with Crippen molar-refractivity contribution in [3.05, 3.63) is 29.8 Å². The maximum atomic E-state index is 9.34. The van der Waals surface area contributed by atoms with Gasteiger partial charge in [0.25, 0.3) is 0 Å². The van der Waals surface area contributed by atoms with Crippen molar-refractivity contribution >= 4 is 0 Å². The smallest absolute Gasteiger partial charge is 0.115 e. The number of phenolic OH excluding ortho intramolecular Hbond substituents is 1. The standard InChI is InChI=1S/C12H19N3O/c1-14-5-7-15(8-6-14)13-10-11-3-2-4-12(16)9-11/h2-4,9,13,16H,5-8,10H2,1H3. The minimum absolute atomic E-state index is 0.331. The highest BCUT2D eigenvalue weighted by atomic mass is 16.3. The molecule has 1 aromatic rings. The van der Waals surface area contributed by atoms with E-state index >= 15 is 0 Å². The average Bonchev–Trinajstić information content (AvgIpc) is 2.28. The molecule has 2 rings (SSSR count). The molecule has 1 aliphatic heterocycles. The maximum Gasteiger partial charge on any atom is 0.115 e. The molecule has 0 spiro atoms. The van der Waals surface area contributed by atoms with Gasteiger partial charge in [-0.15, -0.1) is 0 Å². The molecule has 0 unspecified atom stereocenters. The fraction of sp³-hybridized carbons (Fsp3) is 0.500. The number of likely N-dealkylation sites (N-methyl/N-ethyl adjacent to an activating group) is 1. The second kappa shape index (κ2) is 5.30. The number of hydrogen-bond acceptors (Lipinski definition) is 4. The van der Waals surface area contributed by atoms with Crippen LogP contribution in [0.15, 0.2) is 24.3 Å². The Kier molecular flexibility index (Phi) is 3.77. The van der Waals surface area contributed by atoms with Crippen LogP contribution < -0.4 is 5.43 Å². The Morgan fingerprint density at radius 3 is 2.69 bits per heavy atom. The van der Waals surface area contributed by atoms with Crippen molar-refractivity contribution < 1.29 is 5.11 Å². The molecule has 1 fully saturated rings. The van der Waals surface area contributed by atoms with Crippen LogP contribution in [0.2, 0.25) is 0 Å². The second-order valence-corrected chi connectivity index (χ2v) is 4.30. The van der Waals surface area contributed by atoms with Crippen molar-refractivity contribution in [2.45, 2.75) is 6.54 Å². The summed E-state index contributed by atoms with van der Waals surface area (Å²) in [5, 5.41) is 11.6. The van der Waals surface area contributed by atoms with E-state index in [1.807, 2.05) is 12.1 Å². The van der Waals surface area contributed by atoms with E-state index in [0.29, 0.717) is 5.75 Å². The van der Waals surface area contributed by atoms with Crippen LogP contribution in [0.1, 0.15) is 5.56 Å². The molecule has 1 aliphatic rings. The average molecular weight is 221 g/mol. The van der Waals surface area contributed by atoms with E-state index in [0.717, 1.165) is 38.3 Å². The Balaban J connectivity index is 1.79. The third-order valence-corrected chi connectivity index (χ3v) is 2.92. The van der Waals surface area contributed by atoms with Gasteiger partial charge in [0, 0.05) is 32.7 Å². The highest BCUT2D eigenvalue weighted by molar-refractivity contribution is 5.26. The van der Waals surface area contributed by atoms with Crippen molar-refractivity contribution in [3.63, 3.8) is 0 Å². The van der Waals surface area contributed by atoms with Crippen LogP contribution in [-0.4, -0.2) is 48.2 Å². The molecule has 1 aromatic carbocycles. The number of nitrogens with zero attached hydrogens (tertiary/aromatic N) is 2. The van der Waals surface area contributed by atoms with Gasteiger partial charge in [-0.2, -0.15) is 0 Å². The van der Waals surface area contributed by atoms with E-state index in [2.05, 4.69) is 22.4 Å². The van der Waals surface area contributed by atoms with Gasteiger partial charge in [0.1, 0.15) is 5.75 Å². The minimum Gasteiger partial charge on any atom is -0.508 e. The molecule has 0 atom stereocenters. The summed E-state index contributed by atoms with van der Waals surface area (Å²) < 4.78 is 0. The lowest BCUT2D eigenvalue weighted by Gasteiger charge is -2.32. The lowest BCUT2D eigenvalue weighted by molar-refractivity contribution is 0.102. The SMILES string of the molecule is CN1CCN(NCc2cccc(O)c2)CC1. The first kappa shape index (κ1) is 11.4. The molecule has 2 N–H and O–H groups in total. The molecule has 1 saturated heterocycles. The number of rotatable bonds is 3. The Morgan fingerprint density at radius 1 is 1.25 bits per heavy atom. The highest BCUT2D eigenvalue weighted by Gasteiger charge is 2.12. The number of benzene rings is 1. The minimum atomic E-state index is 0.331. The molecule has 88 valence electrons. The first-order valence-corrected chi connectivity index (χ1v) is 5.69. The van der Waals surface area contributed by atoms with Gasteiger partial charge in [0.2, 0.25) is 0 Å². The predicted molar refractivity (Wildman–Crippen MR) is 64.0 cm³/mol. The molecule has 0 aromatic heterocycles. The van der Waals surface area contributed by atoms with Crippen molar-refractivity contribution in [2.24, 2.45) is 0 Å². The third-order valence-electron chi connectivity index (χ3n) is 2.92. The molecular formula is C12H19N3O. The molecule has 4 heteroatoms.